The van der Waals surface area contributed by atoms with E-state index in [-0.39, 0.29) is 101 Å². The van der Waals surface area contributed by atoms with Crippen LogP contribution in [-0.2, 0) is 12.8 Å². The van der Waals surface area contributed by atoms with Crippen LogP contribution in [0.5, 0.6) is 0 Å². The smallest absolute Gasteiger partial charge is 0.266 e. The Morgan fingerprint density at radius 1 is 0.265 bits per heavy atom. The van der Waals surface area contributed by atoms with Crippen LogP contribution in [0.4, 0.5) is 11.4 Å². The van der Waals surface area contributed by atoms with Crippen LogP contribution in [0.3, 0.4) is 0 Å². The molecule has 0 aliphatic carbocycles. The highest BCUT2D eigenvalue weighted by Gasteiger charge is 2.39. The molecular weight excluding hydrogens is 1290 g/mol. The van der Waals surface area contributed by atoms with E-state index in [2.05, 4.69) is 24.3 Å². The summed E-state index contributed by atoms with van der Waals surface area (Å²) in [5.41, 5.74) is 4.13. The van der Waals surface area contributed by atoms with E-state index in [4.69, 9.17) is 0 Å². The highest BCUT2D eigenvalue weighted by Crippen LogP contribution is 2.33. The summed E-state index contributed by atoms with van der Waals surface area (Å²) in [4.78, 5) is 188. The van der Waals surface area contributed by atoms with Crippen molar-refractivity contribution in [2.45, 2.75) is 53.4 Å². The minimum absolute atomic E-state index is 0.0129. The number of ketones is 2. The summed E-state index contributed by atoms with van der Waals surface area (Å²) in [5.74, 6) is -2.46. The molecule has 20 heteroatoms. The Balaban J connectivity index is 0.000000171. The Bertz CT molecular complexity index is 6340. The minimum Gasteiger partial charge on any atom is -0.294 e. The lowest BCUT2D eigenvalue weighted by atomic mass is 10.0. The first-order valence-electron chi connectivity index (χ1n) is 32.6. The van der Waals surface area contributed by atoms with Crippen molar-refractivity contribution in [2.24, 2.45) is 0 Å². The van der Waals surface area contributed by atoms with Crippen LogP contribution in [0.15, 0.2) is 245 Å². The van der Waals surface area contributed by atoms with Gasteiger partial charge in [0, 0.05) is 24.0 Å². The maximum Gasteiger partial charge on any atom is 0.266 e. The number of aryl methyl sites for hydroxylation is 2. The van der Waals surface area contributed by atoms with E-state index in [9.17, 15) is 67.1 Å². The van der Waals surface area contributed by atoms with Crippen molar-refractivity contribution in [3.05, 3.63) is 356 Å². The average molecular weight is 1350 g/mol. The number of anilines is 2. The van der Waals surface area contributed by atoms with Gasteiger partial charge in [-0.3, -0.25) is 67.1 Å². The second kappa shape index (κ2) is 24.7. The average Bonchev–Trinajstić information content (AvgIpc) is 1.58. The zero-order valence-electron chi connectivity index (χ0n) is 54.9. The van der Waals surface area contributed by atoms with Crippen molar-refractivity contribution in [2.75, 3.05) is 9.80 Å². The number of carbonyl (C=O) groups is 6. The molecule has 10 aromatic carbocycles. The molecule has 20 nitrogen and oxygen atoms in total. The monoisotopic (exact) mass is 1350 g/mol. The molecule has 2 aliphatic rings. The third-order valence-corrected chi connectivity index (χ3v) is 19.0. The Hall–Kier alpha value is -13.6. The summed E-state index contributed by atoms with van der Waals surface area (Å²) in [6, 6.07) is 56.2. The Morgan fingerprint density at radius 2 is 0.559 bits per heavy atom. The van der Waals surface area contributed by atoms with Gasteiger partial charge in [-0.1, -0.05) is 110 Å². The van der Waals surface area contributed by atoms with Crippen molar-refractivity contribution in [3.8, 4) is 22.7 Å². The molecule has 0 fully saturated rings. The zero-order chi connectivity index (χ0) is 71.4. The molecule has 496 valence electrons. The van der Waals surface area contributed by atoms with Crippen LogP contribution in [0.2, 0.25) is 0 Å². The first-order valence-corrected chi connectivity index (χ1v) is 32.6. The Labute approximate surface area is 575 Å². The number of rotatable bonds is 14. The molecule has 0 N–H and O–H groups in total. The number of Topliss-reactive ketones (excluding diaryl/α,β-unsaturated/α-hetero) is 2. The third-order valence-electron chi connectivity index (χ3n) is 19.0. The topological polar surface area (TPSA) is 265 Å². The second-order valence-corrected chi connectivity index (χ2v) is 25.3. The van der Waals surface area contributed by atoms with Gasteiger partial charge in [0.2, 0.25) is 0 Å². The molecule has 0 saturated heterocycles. The number of nitrogens with zero attached hydrogens (tertiary/aromatic N) is 6. The molecule has 4 amide bonds. The predicted octanol–water partition coefficient (Wildman–Crippen LogP) is 10.4. The van der Waals surface area contributed by atoms with E-state index in [1.165, 1.54) is 84.4 Å². The fourth-order valence-corrected chi connectivity index (χ4v) is 13.6. The van der Waals surface area contributed by atoms with Crippen molar-refractivity contribution >= 4 is 89.7 Å². The van der Waals surface area contributed by atoms with Gasteiger partial charge in [-0.2, -0.15) is 0 Å². The fraction of sp³-hybridized carbons (Fsp3) is 0.0976. The summed E-state index contributed by atoms with van der Waals surface area (Å²) >= 11 is 0. The molecule has 0 radical (unpaired) electrons. The lowest BCUT2D eigenvalue weighted by molar-refractivity contribution is 0.0910. The van der Waals surface area contributed by atoms with E-state index in [1.807, 2.05) is 44.2 Å². The van der Waals surface area contributed by atoms with Crippen LogP contribution in [0.25, 0.3) is 65.8 Å². The summed E-state index contributed by atoms with van der Waals surface area (Å²) in [6.45, 7) is 7.30. The molecular formula is C82H54N6O14. The maximum absolute atomic E-state index is 13.7. The summed E-state index contributed by atoms with van der Waals surface area (Å²) in [6.07, 6.45) is 1.71. The molecule has 0 spiro atoms. The quantitative estimate of drug-likeness (QED) is 0.0724. The van der Waals surface area contributed by atoms with Gasteiger partial charge in [-0.05, 0) is 170 Å². The van der Waals surface area contributed by atoms with Gasteiger partial charge in [-0.25, -0.2) is 28.1 Å². The van der Waals surface area contributed by atoms with Crippen LogP contribution in [-0.4, -0.2) is 53.5 Å². The largest absolute Gasteiger partial charge is 0.294 e. The summed E-state index contributed by atoms with van der Waals surface area (Å²) < 4.78 is 4.02. The zero-order valence-corrected chi connectivity index (χ0v) is 54.9. The number of fused-ring (bicyclic) bond motifs is 6. The molecule has 4 aromatic heterocycles. The highest BCUT2D eigenvalue weighted by atomic mass is 16.2. The molecule has 0 saturated carbocycles. The van der Waals surface area contributed by atoms with Gasteiger partial charge in [0.1, 0.15) is 0 Å². The number of aromatic nitrogens is 4. The van der Waals surface area contributed by atoms with E-state index in [1.54, 1.807) is 86.6 Å². The molecule has 14 aromatic rings. The van der Waals surface area contributed by atoms with E-state index >= 15 is 0 Å². The summed E-state index contributed by atoms with van der Waals surface area (Å²) in [7, 11) is 0. The third kappa shape index (κ3) is 10.5. The molecule has 0 bridgehead atoms. The Morgan fingerprint density at radius 3 is 0.912 bits per heavy atom. The van der Waals surface area contributed by atoms with Gasteiger partial charge < -0.3 is 0 Å². The van der Waals surface area contributed by atoms with Crippen molar-refractivity contribution in [1.82, 2.24) is 18.3 Å². The number of imide groups is 2. The van der Waals surface area contributed by atoms with E-state index in [0.717, 1.165) is 55.9 Å². The number of amides is 4. The molecule has 102 heavy (non-hydrogen) atoms. The lowest BCUT2D eigenvalue weighted by Crippen LogP contribution is -2.30. The van der Waals surface area contributed by atoms with Gasteiger partial charge in [-0.15, -0.1) is 0 Å². The number of carbonyl (C=O) groups excluding carboxylic acids is 6. The standard InChI is InChI=1S/C48H33N3O7.C34H21N3O7/c1-3-42(52)32-14-21-36-37(24-32)44(54)49(43(36)53)33-15-8-30(9-16-33)23-31-12-19-35(20-13-31)51-47(57)40-25-38-39(26-41(40)48(51)58)46(56)50(45(38)55)34-17-10-29(11-18-34)22-28-6-4-27(2)5-7-28;1-3-28(38)18-10-11-22-23(13-18)30(40)36(29(22)39)20-8-5-9-21(14-20)37-33(43)26-15-24-25(16-27(26)34(37)44)32(42)35(31(24)41)19-7-4-6-17(2)12-19/h4-21,24-26H,3,22-23H2,1-2H3;4-16H,3H2,1-2H3. The van der Waals surface area contributed by atoms with Gasteiger partial charge in [0.25, 0.3) is 68.1 Å². The normalized spacial score (nSPS) is 12.7. The van der Waals surface area contributed by atoms with Crippen LogP contribution < -0.4 is 54.3 Å². The number of hydrogen-bond acceptors (Lipinski definition) is 14. The minimum atomic E-state index is -0.718. The molecule has 0 unspecified atom stereocenters. The predicted molar refractivity (Wildman–Crippen MR) is 387 cm³/mol. The van der Waals surface area contributed by atoms with Gasteiger partial charge in [0.15, 0.2) is 11.6 Å². The Kier molecular flexibility index (Phi) is 15.6. The summed E-state index contributed by atoms with van der Waals surface area (Å²) in [5, 5.41) is 0.183. The van der Waals surface area contributed by atoms with Gasteiger partial charge in [0.05, 0.1) is 99.5 Å². The SMILES string of the molecule is CCC(=O)c1ccc2c(c1)C(=O)N(c1ccc(Cc3ccc(-n4c(=O)c5cc6c(=O)n(-c7ccc(Cc8ccc(C)cc8)cc7)c(=O)c6cc5c4=O)cc3)cc1)C2=O.CCC(=O)c1ccc2c(c1)C(=O)N(c1cccc(-n3c(=O)c4cc5c(=O)n(-c6cccc(C)c6)c(=O)c5cc4c3=O)c1)C2=O. The number of hydrogen-bond donors (Lipinski definition) is 0. The van der Waals surface area contributed by atoms with Crippen molar-refractivity contribution in [3.63, 3.8) is 0 Å². The van der Waals surface area contributed by atoms with Crippen molar-refractivity contribution in [1.29, 1.82) is 0 Å². The van der Waals surface area contributed by atoms with Crippen molar-refractivity contribution < 1.29 is 28.8 Å². The molecule has 16 rings (SSSR count). The molecule has 2 aliphatic heterocycles. The first kappa shape index (κ1) is 64.4. The van der Waals surface area contributed by atoms with E-state index < -0.39 is 68.1 Å². The van der Waals surface area contributed by atoms with Crippen LogP contribution in [0.1, 0.15) is 122 Å². The van der Waals surface area contributed by atoms with Crippen LogP contribution in [0, 0.1) is 13.8 Å². The van der Waals surface area contributed by atoms with E-state index in [0.29, 0.717) is 46.7 Å². The second-order valence-electron chi connectivity index (χ2n) is 25.3. The highest BCUT2D eigenvalue weighted by molar-refractivity contribution is 6.35. The van der Waals surface area contributed by atoms with Gasteiger partial charge >= 0.3 is 0 Å². The lowest BCUT2D eigenvalue weighted by Gasteiger charge is -2.15. The molecule has 0 atom stereocenters. The number of benzene rings is 10. The molecule has 6 heterocycles. The first-order chi connectivity index (χ1) is 49.1. The van der Waals surface area contributed by atoms with Crippen LogP contribution >= 0.6 is 0 Å². The maximum atomic E-state index is 13.7. The fourth-order valence-electron chi connectivity index (χ4n) is 13.6.